The first kappa shape index (κ1) is 27.8. The molecule has 2 saturated heterocycles. The summed E-state index contributed by atoms with van der Waals surface area (Å²) in [6, 6.07) is 17.2. The zero-order valence-corrected chi connectivity index (χ0v) is 23.9. The molecule has 3 aromatic rings. The molecule has 3 heterocycles. The van der Waals surface area contributed by atoms with E-state index in [2.05, 4.69) is 24.9 Å². The van der Waals surface area contributed by atoms with Crippen molar-refractivity contribution in [2.75, 3.05) is 13.7 Å². The van der Waals surface area contributed by atoms with Crippen LogP contribution >= 0.6 is 0 Å². The second kappa shape index (κ2) is 11.2. The van der Waals surface area contributed by atoms with E-state index in [0.717, 1.165) is 38.7 Å². The smallest absolute Gasteiger partial charge is 0.423 e. The largest absolute Gasteiger partial charge is 0.507 e. The van der Waals surface area contributed by atoms with Crippen molar-refractivity contribution in [1.82, 2.24) is 9.88 Å². The van der Waals surface area contributed by atoms with Gasteiger partial charge < -0.3 is 14.6 Å². The fourth-order valence-corrected chi connectivity index (χ4v) is 6.96. The molecule has 8 heteroatoms. The quantitative estimate of drug-likeness (QED) is 0.288. The Kier molecular flexibility index (Phi) is 7.41. The van der Waals surface area contributed by atoms with E-state index >= 15 is 0 Å². The predicted octanol–water partition coefficient (Wildman–Crippen LogP) is 6.00. The third-order valence-electron chi connectivity index (χ3n) is 8.93. The first-order chi connectivity index (χ1) is 20.3. The van der Waals surface area contributed by atoms with E-state index in [0.29, 0.717) is 30.8 Å². The lowest BCUT2D eigenvalue weighted by atomic mass is 9.67. The Morgan fingerprint density at radius 2 is 1.83 bits per heavy atom. The number of ether oxygens (including phenoxy) is 2. The maximum Gasteiger partial charge on any atom is 0.423 e. The SMILES string of the molecule is COC(=O)N1C(=O)[C@@H]2[C@@H](CC(C(C)C)=C3[C@@H](CC/C(=C/c4ccc(O)c5ccccc45)c4ccccn4)OC[C@@H]32)C1=O. The Balaban J connectivity index is 1.33. The highest BCUT2D eigenvalue weighted by Crippen LogP contribution is 2.51. The van der Waals surface area contributed by atoms with Crippen LogP contribution in [0.15, 0.2) is 71.9 Å². The number of fused-ring (bicyclic) bond motifs is 4. The molecule has 1 N–H and O–H groups in total. The third-order valence-corrected chi connectivity index (χ3v) is 8.93. The normalized spacial score (nSPS) is 24.0. The number of aromatic hydroxyl groups is 1. The van der Waals surface area contributed by atoms with Gasteiger partial charge in [0.15, 0.2) is 0 Å². The molecule has 6 rings (SSSR count). The molecule has 1 aliphatic carbocycles. The van der Waals surface area contributed by atoms with E-state index in [-0.39, 0.29) is 23.7 Å². The van der Waals surface area contributed by atoms with Crippen molar-refractivity contribution in [3.05, 3.63) is 83.2 Å². The number of carbonyl (C=O) groups is 3. The summed E-state index contributed by atoms with van der Waals surface area (Å²) < 4.78 is 11.1. The van der Waals surface area contributed by atoms with Crippen LogP contribution < -0.4 is 0 Å². The standard InChI is InChI=1S/C34H34N2O6/c1-19(2)24-17-25-31(33(39)36(32(25)38)34(40)41-3)26-18-42-29(30(24)26)14-12-21(27-10-6-7-15-35-27)16-20-11-13-28(37)23-9-5-4-8-22(20)23/h4-11,13,15-16,19,25-26,29,31,37H,12,14,17-18H2,1-3H3/b21-16-/t25-,26+,29-,31-/m1/s1. The molecular weight excluding hydrogens is 532 g/mol. The van der Waals surface area contributed by atoms with Crippen molar-refractivity contribution in [2.24, 2.45) is 23.7 Å². The molecule has 3 aliphatic rings. The molecule has 2 aromatic carbocycles. The number of phenols is 1. The molecule has 2 aliphatic heterocycles. The summed E-state index contributed by atoms with van der Waals surface area (Å²) in [6.07, 6.45) is 4.53. The van der Waals surface area contributed by atoms with Gasteiger partial charge in [0, 0.05) is 17.5 Å². The van der Waals surface area contributed by atoms with Gasteiger partial charge in [-0.1, -0.05) is 55.8 Å². The second-order valence-electron chi connectivity index (χ2n) is 11.5. The highest BCUT2D eigenvalue weighted by molar-refractivity contribution is 6.16. The number of methoxy groups -OCH3 is 1. The van der Waals surface area contributed by atoms with Gasteiger partial charge in [0.05, 0.1) is 37.4 Å². The average molecular weight is 567 g/mol. The highest BCUT2D eigenvalue weighted by atomic mass is 16.5. The van der Waals surface area contributed by atoms with Crippen LogP contribution in [-0.2, 0) is 19.1 Å². The van der Waals surface area contributed by atoms with Gasteiger partial charge in [-0.25, -0.2) is 4.79 Å². The fraction of sp³-hybridized carbons (Fsp3) is 0.353. The number of aromatic nitrogens is 1. The number of imide groups is 3. The van der Waals surface area contributed by atoms with Gasteiger partial charge in [-0.2, -0.15) is 4.90 Å². The summed E-state index contributed by atoms with van der Waals surface area (Å²) in [4.78, 5) is 44.1. The van der Waals surface area contributed by atoms with Crippen molar-refractivity contribution in [1.29, 1.82) is 0 Å². The fourth-order valence-electron chi connectivity index (χ4n) is 6.96. The summed E-state index contributed by atoms with van der Waals surface area (Å²) in [7, 11) is 1.18. The minimum Gasteiger partial charge on any atom is -0.507 e. The predicted molar refractivity (Wildman–Crippen MR) is 158 cm³/mol. The number of rotatable bonds is 6. The average Bonchev–Trinajstić information content (AvgIpc) is 3.53. The van der Waals surface area contributed by atoms with Crippen molar-refractivity contribution in [3.8, 4) is 5.75 Å². The lowest BCUT2D eigenvalue weighted by Gasteiger charge is -2.33. The van der Waals surface area contributed by atoms with E-state index in [9.17, 15) is 19.5 Å². The highest BCUT2D eigenvalue weighted by Gasteiger charge is 2.59. The van der Waals surface area contributed by atoms with E-state index in [1.807, 2.05) is 48.5 Å². The van der Waals surface area contributed by atoms with E-state index in [4.69, 9.17) is 9.47 Å². The van der Waals surface area contributed by atoms with Crippen LogP contribution in [0.2, 0.25) is 0 Å². The Morgan fingerprint density at radius 3 is 2.55 bits per heavy atom. The molecular formula is C34H34N2O6. The number of benzene rings is 2. The lowest BCUT2D eigenvalue weighted by Crippen LogP contribution is -2.38. The number of pyridine rings is 1. The van der Waals surface area contributed by atoms with Crippen LogP contribution in [0.5, 0.6) is 5.75 Å². The maximum atomic E-state index is 13.4. The molecule has 2 fully saturated rings. The van der Waals surface area contributed by atoms with Gasteiger partial charge >= 0.3 is 6.09 Å². The number of phenolic OH excluding ortho intramolecular Hbond substituents is 1. The Hall–Kier alpha value is -4.30. The van der Waals surface area contributed by atoms with E-state index in [1.54, 1.807) is 12.3 Å². The van der Waals surface area contributed by atoms with Gasteiger partial charge in [-0.3, -0.25) is 14.6 Å². The molecule has 0 unspecified atom stereocenters. The van der Waals surface area contributed by atoms with Gasteiger partial charge in [0.25, 0.3) is 0 Å². The number of hydrogen-bond acceptors (Lipinski definition) is 7. The van der Waals surface area contributed by atoms with E-state index < -0.39 is 29.7 Å². The summed E-state index contributed by atoms with van der Waals surface area (Å²) in [5.41, 5.74) is 5.12. The number of nitrogens with zero attached hydrogens (tertiary/aromatic N) is 2. The molecule has 4 atom stereocenters. The number of amides is 3. The first-order valence-electron chi connectivity index (χ1n) is 14.4. The molecule has 0 spiro atoms. The summed E-state index contributed by atoms with van der Waals surface area (Å²) >= 11 is 0. The van der Waals surface area contributed by atoms with Gasteiger partial charge in [-0.05, 0) is 71.6 Å². The van der Waals surface area contributed by atoms with Crippen molar-refractivity contribution >= 4 is 40.3 Å². The topological polar surface area (TPSA) is 106 Å². The molecule has 8 nitrogen and oxygen atoms in total. The maximum absolute atomic E-state index is 13.4. The third kappa shape index (κ3) is 4.69. The van der Waals surface area contributed by atoms with E-state index in [1.165, 1.54) is 7.11 Å². The van der Waals surface area contributed by atoms with Crippen LogP contribution in [0.4, 0.5) is 4.79 Å². The summed E-state index contributed by atoms with van der Waals surface area (Å²) in [5.74, 6) is -2.00. The van der Waals surface area contributed by atoms with Crippen molar-refractivity contribution in [2.45, 2.75) is 39.2 Å². The Morgan fingerprint density at radius 1 is 1.07 bits per heavy atom. The number of likely N-dealkylation sites (tertiary alicyclic amines) is 1. The molecule has 3 amide bonds. The van der Waals surface area contributed by atoms with Crippen LogP contribution in [0.1, 0.15) is 44.4 Å². The molecule has 42 heavy (non-hydrogen) atoms. The summed E-state index contributed by atoms with van der Waals surface area (Å²) in [6.45, 7) is 4.53. The van der Waals surface area contributed by atoms with Crippen LogP contribution in [0, 0.1) is 23.7 Å². The molecule has 1 aromatic heterocycles. The first-order valence-corrected chi connectivity index (χ1v) is 14.4. The molecule has 0 radical (unpaired) electrons. The Bertz CT molecular complexity index is 1630. The van der Waals surface area contributed by atoms with Gasteiger partial charge in [-0.15, -0.1) is 0 Å². The van der Waals surface area contributed by atoms with Crippen LogP contribution in [0.3, 0.4) is 0 Å². The number of hydrogen-bond donors (Lipinski definition) is 1. The minimum atomic E-state index is -0.922. The second-order valence-corrected chi connectivity index (χ2v) is 11.5. The Labute approximate surface area is 244 Å². The molecule has 0 bridgehead atoms. The molecule has 0 saturated carbocycles. The molecule has 216 valence electrons. The lowest BCUT2D eigenvalue weighted by molar-refractivity contribution is -0.137. The number of allylic oxidation sites excluding steroid dienone is 2. The van der Waals surface area contributed by atoms with Gasteiger partial charge in [0.2, 0.25) is 11.8 Å². The van der Waals surface area contributed by atoms with Crippen LogP contribution in [0.25, 0.3) is 22.4 Å². The zero-order valence-electron chi connectivity index (χ0n) is 23.9. The monoisotopic (exact) mass is 566 g/mol. The van der Waals surface area contributed by atoms with Crippen LogP contribution in [-0.4, -0.2) is 52.7 Å². The van der Waals surface area contributed by atoms with Crippen molar-refractivity contribution in [3.63, 3.8) is 0 Å². The zero-order chi connectivity index (χ0) is 29.5. The minimum absolute atomic E-state index is 0.164. The van der Waals surface area contributed by atoms with Crippen molar-refractivity contribution < 1.29 is 29.0 Å². The summed E-state index contributed by atoms with van der Waals surface area (Å²) in [5, 5.41) is 12.1. The van der Waals surface area contributed by atoms with Gasteiger partial charge in [0.1, 0.15) is 5.75 Å². The number of carbonyl (C=O) groups excluding carboxylic acids is 3.